The predicted molar refractivity (Wildman–Crippen MR) is 105 cm³/mol. The average Bonchev–Trinajstić information content (AvgIpc) is 2.88. The molecular formula is C16H29IN6O. The minimum absolute atomic E-state index is 0. The van der Waals surface area contributed by atoms with Crippen LogP contribution >= 0.6 is 24.0 Å². The van der Waals surface area contributed by atoms with Crippen molar-refractivity contribution in [1.82, 2.24) is 25.0 Å². The van der Waals surface area contributed by atoms with Crippen LogP contribution < -0.4 is 5.32 Å². The summed E-state index contributed by atoms with van der Waals surface area (Å²) >= 11 is 0. The van der Waals surface area contributed by atoms with Gasteiger partial charge in [0.2, 0.25) is 0 Å². The molecule has 2 aliphatic rings. The second-order valence-electron chi connectivity index (χ2n) is 6.80. The number of piperidine rings is 1. The van der Waals surface area contributed by atoms with Gasteiger partial charge in [-0.25, -0.2) is 0 Å². The number of ether oxygens (including phenoxy) is 1. The van der Waals surface area contributed by atoms with Crippen molar-refractivity contribution >= 4 is 29.9 Å². The predicted octanol–water partition coefficient (Wildman–Crippen LogP) is 1.71. The van der Waals surface area contributed by atoms with Gasteiger partial charge < -0.3 is 19.5 Å². The molecule has 0 radical (unpaired) electrons. The van der Waals surface area contributed by atoms with Crippen LogP contribution in [0.15, 0.2) is 4.99 Å². The molecule has 136 valence electrons. The van der Waals surface area contributed by atoms with Crippen molar-refractivity contribution in [3.63, 3.8) is 0 Å². The van der Waals surface area contributed by atoms with Crippen molar-refractivity contribution in [2.75, 3.05) is 33.4 Å². The van der Waals surface area contributed by atoms with E-state index in [0.717, 1.165) is 43.9 Å². The Labute approximate surface area is 161 Å². The van der Waals surface area contributed by atoms with Crippen LogP contribution in [0.4, 0.5) is 0 Å². The molecule has 3 rings (SSSR count). The lowest BCUT2D eigenvalue weighted by atomic mass is 9.76. The van der Waals surface area contributed by atoms with E-state index < -0.39 is 0 Å². The lowest BCUT2D eigenvalue weighted by Gasteiger charge is -2.45. The molecule has 1 atom stereocenters. The topological polar surface area (TPSA) is 67.6 Å². The zero-order valence-electron chi connectivity index (χ0n) is 14.9. The molecule has 2 fully saturated rings. The molecule has 1 aromatic heterocycles. The van der Waals surface area contributed by atoms with E-state index in [1.165, 1.54) is 25.7 Å². The van der Waals surface area contributed by atoms with Crippen LogP contribution in [0.2, 0.25) is 0 Å². The molecule has 0 bridgehead atoms. The number of aliphatic imine (C=N–C) groups is 1. The first-order chi connectivity index (χ1) is 11.1. The van der Waals surface area contributed by atoms with Gasteiger partial charge in [-0.15, -0.1) is 34.2 Å². The molecule has 0 amide bonds. The van der Waals surface area contributed by atoms with Gasteiger partial charge in [0.25, 0.3) is 0 Å². The van der Waals surface area contributed by atoms with E-state index in [2.05, 4.69) is 25.4 Å². The Kier molecular flexibility index (Phi) is 6.85. The van der Waals surface area contributed by atoms with Crippen LogP contribution in [0.1, 0.15) is 37.3 Å². The van der Waals surface area contributed by atoms with Gasteiger partial charge in [-0.3, -0.25) is 4.99 Å². The molecule has 1 N–H and O–H groups in total. The molecule has 1 unspecified atom stereocenters. The Balaban J connectivity index is 0.00000208. The molecule has 2 saturated heterocycles. The molecule has 8 heteroatoms. The van der Waals surface area contributed by atoms with Crippen molar-refractivity contribution in [3.05, 3.63) is 11.6 Å². The van der Waals surface area contributed by atoms with Crippen LogP contribution in [0.25, 0.3) is 0 Å². The first-order valence-corrected chi connectivity index (χ1v) is 8.52. The van der Waals surface area contributed by atoms with E-state index in [4.69, 9.17) is 4.74 Å². The third-order valence-electron chi connectivity index (χ3n) is 5.16. The summed E-state index contributed by atoms with van der Waals surface area (Å²) in [6.07, 6.45) is 4.91. The van der Waals surface area contributed by atoms with Crippen molar-refractivity contribution in [1.29, 1.82) is 0 Å². The number of guanidine groups is 1. The van der Waals surface area contributed by atoms with Gasteiger partial charge in [0.05, 0.1) is 13.2 Å². The van der Waals surface area contributed by atoms with Crippen molar-refractivity contribution in [2.45, 2.75) is 39.2 Å². The maximum Gasteiger partial charge on any atom is 0.194 e. The number of hydrogen-bond acceptors (Lipinski definition) is 4. The molecule has 3 heterocycles. The number of likely N-dealkylation sites (tertiary alicyclic amines) is 1. The molecule has 1 spiro atoms. The highest BCUT2D eigenvalue weighted by Crippen LogP contribution is 2.37. The highest BCUT2D eigenvalue weighted by Gasteiger charge is 2.38. The number of nitrogens with zero attached hydrogens (tertiary/aromatic N) is 5. The first-order valence-electron chi connectivity index (χ1n) is 8.52. The Morgan fingerprint density at radius 3 is 2.75 bits per heavy atom. The fourth-order valence-electron chi connectivity index (χ4n) is 3.72. The van der Waals surface area contributed by atoms with Gasteiger partial charge >= 0.3 is 0 Å². The second kappa shape index (κ2) is 8.46. The zero-order chi connectivity index (χ0) is 16.3. The van der Waals surface area contributed by atoms with Crippen molar-refractivity contribution < 1.29 is 4.74 Å². The summed E-state index contributed by atoms with van der Waals surface area (Å²) in [6, 6.07) is 0. The quantitative estimate of drug-likeness (QED) is 0.424. The zero-order valence-corrected chi connectivity index (χ0v) is 17.2. The molecule has 0 aromatic carbocycles. The maximum atomic E-state index is 5.76. The molecule has 24 heavy (non-hydrogen) atoms. The van der Waals surface area contributed by atoms with Gasteiger partial charge in [0, 0.05) is 39.2 Å². The first kappa shape index (κ1) is 19.4. The normalized spacial score (nSPS) is 24.8. The summed E-state index contributed by atoms with van der Waals surface area (Å²) in [5.74, 6) is 2.81. The highest BCUT2D eigenvalue weighted by atomic mass is 127. The number of hydrogen-bond donors (Lipinski definition) is 1. The summed E-state index contributed by atoms with van der Waals surface area (Å²) in [6.45, 7) is 6.50. The second-order valence-corrected chi connectivity index (χ2v) is 6.80. The summed E-state index contributed by atoms with van der Waals surface area (Å²) in [5, 5.41) is 11.8. The molecule has 1 aromatic rings. The summed E-state index contributed by atoms with van der Waals surface area (Å²) in [4.78, 5) is 6.85. The molecule has 0 aliphatic carbocycles. The largest absolute Gasteiger partial charge is 0.381 e. The molecule has 7 nitrogen and oxygen atoms in total. The molecule has 2 aliphatic heterocycles. The van der Waals surface area contributed by atoms with Crippen LogP contribution in [0.5, 0.6) is 0 Å². The molecule has 0 saturated carbocycles. The number of halogens is 1. The monoisotopic (exact) mass is 448 g/mol. The van der Waals surface area contributed by atoms with Gasteiger partial charge in [-0.1, -0.05) is 0 Å². The Hall–Kier alpha value is -0.900. The van der Waals surface area contributed by atoms with Crippen LogP contribution in [0.3, 0.4) is 0 Å². The standard InChI is InChI=1S/C16H28N6O.HI/c1-13-19-20-14(21(13)3)10-18-15(17-2)22-8-4-6-16(11-22)7-5-9-23-12-16;/h4-12H2,1-3H3,(H,17,18);1H. The van der Waals surface area contributed by atoms with E-state index in [1.54, 1.807) is 0 Å². The highest BCUT2D eigenvalue weighted by molar-refractivity contribution is 14.0. The van der Waals surface area contributed by atoms with E-state index in [1.807, 2.05) is 25.6 Å². The van der Waals surface area contributed by atoms with Gasteiger partial charge in [-0.2, -0.15) is 0 Å². The minimum atomic E-state index is 0. The Bertz CT molecular complexity index is 561. The van der Waals surface area contributed by atoms with Crippen LogP contribution in [-0.4, -0.2) is 59.0 Å². The fraction of sp³-hybridized carbons (Fsp3) is 0.812. The lowest BCUT2D eigenvalue weighted by Crippen LogP contribution is -2.52. The van der Waals surface area contributed by atoms with Crippen LogP contribution in [-0.2, 0) is 18.3 Å². The van der Waals surface area contributed by atoms with E-state index in [9.17, 15) is 0 Å². The number of aryl methyl sites for hydroxylation is 1. The Morgan fingerprint density at radius 2 is 2.12 bits per heavy atom. The van der Waals surface area contributed by atoms with Gasteiger partial charge in [-0.05, 0) is 32.6 Å². The van der Waals surface area contributed by atoms with Crippen LogP contribution in [0, 0.1) is 12.3 Å². The lowest BCUT2D eigenvalue weighted by molar-refractivity contribution is -0.0370. The third kappa shape index (κ3) is 4.19. The van der Waals surface area contributed by atoms with E-state index in [-0.39, 0.29) is 24.0 Å². The van der Waals surface area contributed by atoms with Crippen molar-refractivity contribution in [3.8, 4) is 0 Å². The van der Waals surface area contributed by atoms with Crippen molar-refractivity contribution in [2.24, 2.45) is 17.5 Å². The summed E-state index contributed by atoms with van der Waals surface area (Å²) < 4.78 is 7.77. The fourth-order valence-corrected chi connectivity index (χ4v) is 3.72. The minimum Gasteiger partial charge on any atom is -0.381 e. The summed E-state index contributed by atoms with van der Waals surface area (Å²) in [7, 11) is 3.84. The average molecular weight is 448 g/mol. The smallest absolute Gasteiger partial charge is 0.194 e. The van der Waals surface area contributed by atoms with Gasteiger partial charge in [0.1, 0.15) is 5.82 Å². The SMILES string of the molecule is CN=C(NCc1nnc(C)n1C)N1CCCC2(CCCOC2)C1.I. The Morgan fingerprint density at radius 1 is 1.33 bits per heavy atom. The number of nitrogens with one attached hydrogen (secondary N) is 1. The van der Waals surface area contributed by atoms with E-state index >= 15 is 0 Å². The summed E-state index contributed by atoms with van der Waals surface area (Å²) in [5.41, 5.74) is 0.315. The third-order valence-corrected chi connectivity index (χ3v) is 5.16. The number of rotatable bonds is 2. The number of aromatic nitrogens is 3. The van der Waals surface area contributed by atoms with Gasteiger partial charge in [0.15, 0.2) is 11.8 Å². The van der Waals surface area contributed by atoms with E-state index in [0.29, 0.717) is 12.0 Å². The molecular weight excluding hydrogens is 419 g/mol. The maximum absolute atomic E-state index is 5.76.